The molecule has 0 radical (unpaired) electrons. The van der Waals surface area contributed by atoms with Gasteiger partial charge in [0, 0.05) is 16.7 Å². The second kappa shape index (κ2) is 9.01. The van der Waals surface area contributed by atoms with Gasteiger partial charge in [0.1, 0.15) is 5.75 Å². The SMILES string of the molecule is O=C(COc1ccc(C(=O)c2ccccc2)cc1)c1ccc(-c2ccccc2)cc1. The summed E-state index contributed by atoms with van der Waals surface area (Å²) in [6, 6.07) is 33.5. The van der Waals surface area contributed by atoms with Crippen molar-refractivity contribution < 1.29 is 14.3 Å². The van der Waals surface area contributed by atoms with Gasteiger partial charge in [-0.3, -0.25) is 9.59 Å². The Morgan fingerprint density at radius 2 is 1.03 bits per heavy atom. The number of Topliss-reactive ketones (excluding diaryl/α,β-unsaturated/α-hetero) is 1. The number of benzene rings is 4. The Labute approximate surface area is 175 Å². The second-order valence-electron chi connectivity index (χ2n) is 6.87. The molecule has 0 fully saturated rings. The number of hydrogen-bond acceptors (Lipinski definition) is 3. The zero-order chi connectivity index (χ0) is 20.8. The molecule has 0 spiro atoms. The average Bonchev–Trinajstić information content (AvgIpc) is 2.83. The van der Waals surface area contributed by atoms with Gasteiger partial charge in [0.2, 0.25) is 0 Å². The summed E-state index contributed by atoms with van der Waals surface area (Å²) in [5.41, 5.74) is 3.99. The Morgan fingerprint density at radius 1 is 0.533 bits per heavy atom. The van der Waals surface area contributed by atoms with Crippen LogP contribution >= 0.6 is 0 Å². The van der Waals surface area contributed by atoms with Crippen LogP contribution in [0.15, 0.2) is 109 Å². The standard InChI is InChI=1S/C27H20O3/c28-26(22-13-11-21(12-14-22)20-7-3-1-4-8-20)19-30-25-17-15-24(16-18-25)27(29)23-9-5-2-6-10-23/h1-18H,19H2. The molecule has 4 rings (SSSR count). The van der Waals surface area contributed by atoms with Crippen LogP contribution in [0.1, 0.15) is 26.3 Å². The number of ether oxygens (including phenoxy) is 1. The van der Waals surface area contributed by atoms with Crippen molar-refractivity contribution in [2.45, 2.75) is 0 Å². The van der Waals surface area contributed by atoms with E-state index in [0.717, 1.165) is 11.1 Å². The summed E-state index contributed by atoms with van der Waals surface area (Å²) < 4.78 is 5.62. The van der Waals surface area contributed by atoms with Gasteiger partial charge < -0.3 is 4.74 Å². The molecule has 3 heteroatoms. The Hall–Kier alpha value is -3.98. The van der Waals surface area contributed by atoms with E-state index in [4.69, 9.17) is 4.74 Å². The van der Waals surface area contributed by atoms with Crippen molar-refractivity contribution in [2.24, 2.45) is 0 Å². The average molecular weight is 392 g/mol. The summed E-state index contributed by atoms with van der Waals surface area (Å²) in [4.78, 5) is 24.9. The summed E-state index contributed by atoms with van der Waals surface area (Å²) in [6.45, 7) is -0.0589. The first-order valence-electron chi connectivity index (χ1n) is 9.72. The smallest absolute Gasteiger partial charge is 0.200 e. The Bertz CT molecular complexity index is 1130. The Kier molecular flexibility index (Phi) is 5.81. The molecule has 0 saturated carbocycles. The maximum atomic E-state index is 12.4. The zero-order valence-corrected chi connectivity index (χ0v) is 16.3. The van der Waals surface area contributed by atoms with Crippen LogP contribution in [0.25, 0.3) is 11.1 Å². The number of hydrogen-bond donors (Lipinski definition) is 0. The van der Waals surface area contributed by atoms with E-state index in [1.165, 1.54) is 0 Å². The highest BCUT2D eigenvalue weighted by Crippen LogP contribution is 2.20. The number of rotatable bonds is 7. The highest BCUT2D eigenvalue weighted by Gasteiger charge is 2.10. The molecule has 0 aromatic heterocycles. The molecule has 0 saturated heterocycles. The van der Waals surface area contributed by atoms with E-state index in [1.54, 1.807) is 36.4 Å². The van der Waals surface area contributed by atoms with Crippen molar-refractivity contribution in [1.29, 1.82) is 0 Å². The summed E-state index contributed by atoms with van der Waals surface area (Å²) in [6.07, 6.45) is 0. The van der Waals surface area contributed by atoms with Crippen molar-refractivity contribution in [3.05, 3.63) is 126 Å². The fraction of sp³-hybridized carbons (Fsp3) is 0.0370. The number of carbonyl (C=O) groups excluding carboxylic acids is 2. The van der Waals surface area contributed by atoms with E-state index in [-0.39, 0.29) is 18.2 Å². The third kappa shape index (κ3) is 4.53. The van der Waals surface area contributed by atoms with Gasteiger partial charge in [-0.2, -0.15) is 0 Å². The minimum absolute atomic E-state index is 0.0447. The minimum atomic E-state index is -0.0981. The first-order chi connectivity index (χ1) is 14.7. The minimum Gasteiger partial charge on any atom is -0.485 e. The molecule has 30 heavy (non-hydrogen) atoms. The number of carbonyl (C=O) groups is 2. The normalized spacial score (nSPS) is 10.4. The maximum Gasteiger partial charge on any atom is 0.200 e. The molecule has 0 aliphatic rings. The zero-order valence-electron chi connectivity index (χ0n) is 16.3. The third-order valence-electron chi connectivity index (χ3n) is 4.84. The Balaban J connectivity index is 1.36. The fourth-order valence-electron chi connectivity index (χ4n) is 3.17. The first-order valence-corrected chi connectivity index (χ1v) is 9.72. The molecule has 0 bridgehead atoms. The van der Waals surface area contributed by atoms with Crippen LogP contribution in [0.2, 0.25) is 0 Å². The lowest BCUT2D eigenvalue weighted by molar-refractivity contribution is 0.0920. The monoisotopic (exact) mass is 392 g/mol. The highest BCUT2D eigenvalue weighted by molar-refractivity contribution is 6.09. The largest absolute Gasteiger partial charge is 0.485 e. The summed E-state index contributed by atoms with van der Waals surface area (Å²) in [7, 11) is 0. The molecule has 4 aromatic carbocycles. The highest BCUT2D eigenvalue weighted by atomic mass is 16.5. The topological polar surface area (TPSA) is 43.4 Å². The van der Waals surface area contributed by atoms with Crippen molar-refractivity contribution in [2.75, 3.05) is 6.61 Å². The molecular weight excluding hydrogens is 372 g/mol. The molecule has 0 N–H and O–H groups in total. The van der Waals surface area contributed by atoms with Gasteiger partial charge in [0.05, 0.1) is 0 Å². The van der Waals surface area contributed by atoms with E-state index >= 15 is 0 Å². The van der Waals surface area contributed by atoms with E-state index in [0.29, 0.717) is 22.4 Å². The maximum absolute atomic E-state index is 12.4. The molecule has 146 valence electrons. The molecule has 3 nitrogen and oxygen atoms in total. The molecule has 0 aliphatic carbocycles. The summed E-state index contributed by atoms with van der Waals surface area (Å²) in [5.74, 6) is 0.407. The predicted octanol–water partition coefficient (Wildman–Crippen LogP) is 5.85. The van der Waals surface area contributed by atoms with Gasteiger partial charge >= 0.3 is 0 Å². The van der Waals surface area contributed by atoms with E-state index < -0.39 is 0 Å². The van der Waals surface area contributed by atoms with Crippen LogP contribution in [0.5, 0.6) is 5.75 Å². The van der Waals surface area contributed by atoms with Gasteiger partial charge in [-0.25, -0.2) is 0 Å². The summed E-state index contributed by atoms with van der Waals surface area (Å²) in [5, 5.41) is 0. The third-order valence-corrected chi connectivity index (χ3v) is 4.84. The van der Waals surface area contributed by atoms with Gasteiger partial charge in [0.15, 0.2) is 18.2 Å². The van der Waals surface area contributed by atoms with Crippen LogP contribution in [0.3, 0.4) is 0 Å². The van der Waals surface area contributed by atoms with Crippen molar-refractivity contribution >= 4 is 11.6 Å². The van der Waals surface area contributed by atoms with Gasteiger partial charge in [0.25, 0.3) is 0 Å². The van der Waals surface area contributed by atoms with Crippen LogP contribution in [0.4, 0.5) is 0 Å². The van der Waals surface area contributed by atoms with Gasteiger partial charge in [-0.15, -0.1) is 0 Å². The lowest BCUT2D eigenvalue weighted by atomic mass is 10.0. The quantitative estimate of drug-likeness (QED) is 0.371. The van der Waals surface area contributed by atoms with Crippen LogP contribution in [0, 0.1) is 0 Å². The van der Waals surface area contributed by atoms with E-state index in [1.807, 2.05) is 72.8 Å². The second-order valence-corrected chi connectivity index (χ2v) is 6.87. The molecular formula is C27H20O3. The molecule has 0 heterocycles. The van der Waals surface area contributed by atoms with E-state index in [9.17, 15) is 9.59 Å². The summed E-state index contributed by atoms with van der Waals surface area (Å²) >= 11 is 0. The van der Waals surface area contributed by atoms with Crippen molar-refractivity contribution in [1.82, 2.24) is 0 Å². The van der Waals surface area contributed by atoms with Crippen molar-refractivity contribution in [3.8, 4) is 16.9 Å². The van der Waals surface area contributed by atoms with Crippen LogP contribution in [-0.2, 0) is 0 Å². The van der Waals surface area contributed by atoms with Gasteiger partial charge in [-0.05, 0) is 35.4 Å². The van der Waals surface area contributed by atoms with Crippen molar-refractivity contribution in [3.63, 3.8) is 0 Å². The van der Waals surface area contributed by atoms with Gasteiger partial charge in [-0.1, -0.05) is 84.9 Å². The number of ketones is 2. The lowest BCUT2D eigenvalue weighted by Gasteiger charge is -2.08. The predicted molar refractivity (Wildman–Crippen MR) is 118 cm³/mol. The Morgan fingerprint density at radius 3 is 1.67 bits per heavy atom. The molecule has 0 atom stereocenters. The van der Waals surface area contributed by atoms with Crippen LogP contribution in [-0.4, -0.2) is 18.2 Å². The lowest BCUT2D eigenvalue weighted by Crippen LogP contribution is -2.11. The molecule has 0 aliphatic heterocycles. The molecule has 0 amide bonds. The van der Waals surface area contributed by atoms with Crippen LogP contribution < -0.4 is 4.74 Å². The van der Waals surface area contributed by atoms with E-state index in [2.05, 4.69) is 0 Å². The fourth-order valence-corrected chi connectivity index (χ4v) is 3.17. The first kappa shape index (κ1) is 19.3. The molecule has 0 unspecified atom stereocenters. The molecule has 4 aromatic rings.